The van der Waals surface area contributed by atoms with Gasteiger partial charge in [-0.3, -0.25) is 9.10 Å². The van der Waals surface area contributed by atoms with Crippen molar-refractivity contribution in [2.75, 3.05) is 29.9 Å². The number of hydrogen-bond donors (Lipinski definition) is 1. The molecule has 0 unspecified atom stereocenters. The van der Waals surface area contributed by atoms with E-state index in [0.717, 1.165) is 4.31 Å². The quantitative estimate of drug-likeness (QED) is 0.436. The van der Waals surface area contributed by atoms with E-state index < -0.39 is 28.4 Å². The van der Waals surface area contributed by atoms with Crippen LogP contribution in [0.4, 0.5) is 11.4 Å². The summed E-state index contributed by atoms with van der Waals surface area (Å²) in [6.45, 7) is 1.81. The molecule has 3 rings (SSSR count). The van der Waals surface area contributed by atoms with Gasteiger partial charge >= 0.3 is 5.97 Å². The van der Waals surface area contributed by atoms with Gasteiger partial charge in [0, 0.05) is 10.7 Å². The lowest BCUT2D eigenvalue weighted by molar-refractivity contribution is -0.114. The van der Waals surface area contributed by atoms with Gasteiger partial charge in [-0.15, -0.1) is 0 Å². The van der Waals surface area contributed by atoms with E-state index in [4.69, 9.17) is 16.3 Å². The highest BCUT2D eigenvalue weighted by Gasteiger charge is 2.27. The Balaban J connectivity index is 1.88. The Bertz CT molecular complexity index is 1240. The number of nitrogens with one attached hydrogen (secondary N) is 1. The predicted octanol–water partition coefficient (Wildman–Crippen LogP) is 4.36. The molecule has 0 heterocycles. The van der Waals surface area contributed by atoms with Gasteiger partial charge in [-0.1, -0.05) is 11.6 Å². The number of rotatable bonds is 9. The zero-order chi connectivity index (χ0) is 24.7. The molecule has 0 atom stereocenters. The lowest BCUT2D eigenvalue weighted by Gasteiger charge is -2.24. The Labute approximate surface area is 203 Å². The van der Waals surface area contributed by atoms with E-state index in [1.807, 2.05) is 6.92 Å². The van der Waals surface area contributed by atoms with Gasteiger partial charge in [0.25, 0.3) is 10.0 Å². The minimum atomic E-state index is -4.09. The van der Waals surface area contributed by atoms with Crippen LogP contribution in [-0.4, -0.2) is 40.6 Å². The standard InChI is InChI=1S/C24H23ClN2O6S/c1-3-33-21-12-10-20(11-13-21)27(34(30,31)22-14-6-18(25)7-15-22)16-23(28)26-19-8-4-17(5-9-19)24(29)32-2/h4-15H,3,16H2,1-2H3,(H,26,28). The van der Waals surface area contributed by atoms with E-state index in [1.54, 1.807) is 24.3 Å². The minimum absolute atomic E-state index is 0.0129. The van der Waals surface area contributed by atoms with Gasteiger partial charge < -0.3 is 14.8 Å². The monoisotopic (exact) mass is 502 g/mol. The highest BCUT2D eigenvalue weighted by Crippen LogP contribution is 2.27. The average Bonchev–Trinajstić information content (AvgIpc) is 2.83. The van der Waals surface area contributed by atoms with E-state index in [9.17, 15) is 18.0 Å². The fourth-order valence-corrected chi connectivity index (χ4v) is 4.61. The molecule has 10 heteroatoms. The summed E-state index contributed by atoms with van der Waals surface area (Å²) < 4.78 is 37.9. The zero-order valence-corrected chi connectivity index (χ0v) is 20.1. The zero-order valence-electron chi connectivity index (χ0n) is 18.5. The van der Waals surface area contributed by atoms with Crippen molar-refractivity contribution in [2.45, 2.75) is 11.8 Å². The highest BCUT2D eigenvalue weighted by molar-refractivity contribution is 7.92. The molecule has 3 aromatic rings. The molecule has 0 aromatic heterocycles. The molecule has 1 amide bonds. The molecular weight excluding hydrogens is 480 g/mol. The fourth-order valence-electron chi connectivity index (χ4n) is 3.06. The Kier molecular flexibility index (Phi) is 8.14. The molecule has 3 aromatic carbocycles. The molecule has 34 heavy (non-hydrogen) atoms. The number of anilines is 2. The number of ether oxygens (including phenoxy) is 2. The second kappa shape index (κ2) is 11.0. The third kappa shape index (κ3) is 6.06. The van der Waals surface area contributed by atoms with Crippen molar-refractivity contribution >= 4 is 44.9 Å². The van der Waals surface area contributed by atoms with Gasteiger partial charge in [-0.25, -0.2) is 13.2 Å². The average molecular weight is 503 g/mol. The van der Waals surface area contributed by atoms with Crippen LogP contribution in [0.5, 0.6) is 5.75 Å². The van der Waals surface area contributed by atoms with Gasteiger partial charge in [-0.2, -0.15) is 0 Å². The summed E-state index contributed by atoms with van der Waals surface area (Å²) in [6, 6.07) is 18.1. The summed E-state index contributed by atoms with van der Waals surface area (Å²) in [7, 11) is -2.82. The number of amides is 1. The minimum Gasteiger partial charge on any atom is -0.494 e. The van der Waals surface area contributed by atoms with Crippen LogP contribution in [0.1, 0.15) is 17.3 Å². The molecule has 0 spiro atoms. The molecular formula is C24H23ClN2O6S. The first-order valence-electron chi connectivity index (χ1n) is 10.2. The fraction of sp³-hybridized carbons (Fsp3) is 0.167. The SMILES string of the molecule is CCOc1ccc(N(CC(=O)Nc2ccc(C(=O)OC)cc2)S(=O)(=O)c2ccc(Cl)cc2)cc1. The van der Waals surface area contributed by atoms with Crippen LogP contribution in [0.3, 0.4) is 0 Å². The van der Waals surface area contributed by atoms with Gasteiger partial charge in [-0.05, 0) is 79.7 Å². The van der Waals surface area contributed by atoms with E-state index in [-0.39, 0.29) is 10.6 Å². The van der Waals surface area contributed by atoms with Crippen LogP contribution in [-0.2, 0) is 19.6 Å². The first-order valence-corrected chi connectivity index (χ1v) is 12.1. The number of carbonyl (C=O) groups is 2. The maximum Gasteiger partial charge on any atom is 0.337 e. The molecule has 0 aliphatic carbocycles. The van der Waals surface area contributed by atoms with Gasteiger partial charge in [0.1, 0.15) is 12.3 Å². The molecule has 8 nitrogen and oxygen atoms in total. The Morgan fingerprint density at radius 2 is 1.56 bits per heavy atom. The van der Waals surface area contributed by atoms with Crippen molar-refractivity contribution in [2.24, 2.45) is 0 Å². The van der Waals surface area contributed by atoms with Crippen molar-refractivity contribution in [3.05, 3.63) is 83.4 Å². The smallest absolute Gasteiger partial charge is 0.337 e. The number of nitrogens with zero attached hydrogens (tertiary/aromatic N) is 1. The summed E-state index contributed by atoms with van der Waals surface area (Å²) >= 11 is 5.90. The molecule has 178 valence electrons. The van der Waals surface area contributed by atoms with Crippen molar-refractivity contribution in [3.8, 4) is 5.75 Å². The van der Waals surface area contributed by atoms with Gasteiger partial charge in [0.05, 0.1) is 29.9 Å². The molecule has 0 bridgehead atoms. The first kappa shape index (κ1) is 25.1. The predicted molar refractivity (Wildman–Crippen MR) is 130 cm³/mol. The lowest BCUT2D eigenvalue weighted by atomic mass is 10.2. The van der Waals surface area contributed by atoms with E-state index >= 15 is 0 Å². The molecule has 0 fully saturated rings. The largest absolute Gasteiger partial charge is 0.494 e. The van der Waals surface area contributed by atoms with E-state index in [1.165, 1.54) is 55.6 Å². The third-order valence-electron chi connectivity index (χ3n) is 4.71. The number of esters is 1. The third-order valence-corrected chi connectivity index (χ3v) is 6.75. The number of sulfonamides is 1. The van der Waals surface area contributed by atoms with Crippen molar-refractivity contribution in [1.82, 2.24) is 0 Å². The normalized spacial score (nSPS) is 10.9. The first-order chi connectivity index (χ1) is 16.2. The van der Waals surface area contributed by atoms with Crippen LogP contribution in [0.2, 0.25) is 5.02 Å². The highest BCUT2D eigenvalue weighted by atomic mass is 35.5. The number of halogens is 1. The van der Waals surface area contributed by atoms with Crippen LogP contribution in [0.25, 0.3) is 0 Å². The molecule has 0 aliphatic rings. The second-order valence-corrected chi connectivity index (χ2v) is 9.31. The number of benzene rings is 3. The van der Waals surface area contributed by atoms with E-state index in [2.05, 4.69) is 10.1 Å². The van der Waals surface area contributed by atoms with Crippen molar-refractivity contribution < 1.29 is 27.5 Å². The topological polar surface area (TPSA) is 102 Å². The summed E-state index contributed by atoms with van der Waals surface area (Å²) in [5.74, 6) is -0.504. The van der Waals surface area contributed by atoms with Gasteiger partial charge in [0.2, 0.25) is 5.91 Å². The van der Waals surface area contributed by atoms with Crippen molar-refractivity contribution in [1.29, 1.82) is 0 Å². The molecule has 0 saturated heterocycles. The van der Waals surface area contributed by atoms with Gasteiger partial charge in [0.15, 0.2) is 0 Å². The summed E-state index contributed by atoms with van der Waals surface area (Å²) in [4.78, 5) is 24.4. The van der Waals surface area contributed by atoms with E-state index in [0.29, 0.717) is 28.6 Å². The maximum atomic E-state index is 13.4. The van der Waals surface area contributed by atoms with Crippen LogP contribution < -0.4 is 14.4 Å². The summed E-state index contributed by atoms with van der Waals surface area (Å²) in [5.41, 5.74) is 1.00. The number of hydrogen-bond acceptors (Lipinski definition) is 6. The Morgan fingerprint density at radius 3 is 2.12 bits per heavy atom. The molecule has 1 N–H and O–H groups in total. The van der Waals surface area contributed by atoms with Crippen LogP contribution in [0, 0.1) is 0 Å². The van der Waals surface area contributed by atoms with Crippen LogP contribution >= 0.6 is 11.6 Å². The summed E-state index contributed by atoms with van der Waals surface area (Å²) in [6.07, 6.45) is 0. The van der Waals surface area contributed by atoms with Crippen molar-refractivity contribution in [3.63, 3.8) is 0 Å². The molecule has 0 radical (unpaired) electrons. The molecule has 0 aliphatic heterocycles. The number of methoxy groups -OCH3 is 1. The Hall–Kier alpha value is -3.56. The maximum absolute atomic E-state index is 13.4. The van der Waals surface area contributed by atoms with Crippen LogP contribution in [0.15, 0.2) is 77.7 Å². The number of carbonyl (C=O) groups excluding carboxylic acids is 2. The second-order valence-electron chi connectivity index (χ2n) is 7.01. The summed E-state index contributed by atoms with van der Waals surface area (Å²) in [5, 5.41) is 3.04. The molecule has 0 saturated carbocycles. The lowest BCUT2D eigenvalue weighted by Crippen LogP contribution is -2.38. The Morgan fingerprint density at radius 1 is 0.941 bits per heavy atom.